The third kappa shape index (κ3) is 3.44. The van der Waals surface area contributed by atoms with Crippen molar-refractivity contribution in [1.82, 2.24) is 14.8 Å². The number of piperidine rings is 1. The number of nitrogens with two attached hydrogens (primary N) is 1. The Morgan fingerprint density at radius 2 is 1.96 bits per heavy atom. The number of primary amides is 1. The van der Waals surface area contributed by atoms with Crippen LogP contribution in [0.25, 0.3) is 5.82 Å². The van der Waals surface area contributed by atoms with Gasteiger partial charge in [-0.1, -0.05) is 6.07 Å². The van der Waals surface area contributed by atoms with Crippen molar-refractivity contribution in [1.29, 1.82) is 0 Å². The number of aromatic nitrogens is 3. The van der Waals surface area contributed by atoms with Crippen LogP contribution < -0.4 is 10.6 Å². The van der Waals surface area contributed by atoms with E-state index in [1.54, 1.807) is 0 Å². The number of anilines is 1. The fourth-order valence-corrected chi connectivity index (χ4v) is 3.97. The number of hydrogen-bond donors (Lipinski definition) is 1. The van der Waals surface area contributed by atoms with E-state index in [1.165, 1.54) is 0 Å². The first-order valence-electron chi connectivity index (χ1n) is 9.28. The van der Waals surface area contributed by atoms with Crippen molar-refractivity contribution in [3.8, 4) is 5.82 Å². The summed E-state index contributed by atoms with van der Waals surface area (Å²) in [5.74, 6) is 1.98. The van der Waals surface area contributed by atoms with Crippen LogP contribution >= 0.6 is 0 Å². The van der Waals surface area contributed by atoms with Crippen molar-refractivity contribution in [3.63, 3.8) is 0 Å². The van der Waals surface area contributed by atoms with E-state index >= 15 is 0 Å². The van der Waals surface area contributed by atoms with E-state index < -0.39 is 6.10 Å². The molecular formula is C19H25N5O2. The molecule has 4 heterocycles. The van der Waals surface area contributed by atoms with Crippen molar-refractivity contribution in [2.75, 3.05) is 18.0 Å². The summed E-state index contributed by atoms with van der Waals surface area (Å²) in [4.78, 5) is 18.4. The van der Waals surface area contributed by atoms with Crippen molar-refractivity contribution in [3.05, 3.63) is 36.2 Å². The van der Waals surface area contributed by atoms with Crippen LogP contribution in [0.1, 0.15) is 31.2 Å². The molecule has 0 radical (unpaired) electrons. The predicted molar refractivity (Wildman–Crippen MR) is 98.1 cm³/mol. The summed E-state index contributed by atoms with van der Waals surface area (Å²) in [6.07, 6.45) is 7.37. The van der Waals surface area contributed by atoms with Crippen LogP contribution in [0.3, 0.4) is 0 Å². The predicted octanol–water partition coefficient (Wildman–Crippen LogP) is 1.83. The van der Waals surface area contributed by atoms with Crippen LogP contribution in [0.2, 0.25) is 0 Å². The molecule has 0 unspecified atom stereocenters. The molecule has 138 valence electrons. The average molecular weight is 355 g/mol. The van der Waals surface area contributed by atoms with Crippen LogP contribution in [-0.4, -0.2) is 46.0 Å². The lowest BCUT2D eigenvalue weighted by Gasteiger charge is -2.35. The zero-order valence-electron chi connectivity index (χ0n) is 15.0. The Kier molecular flexibility index (Phi) is 4.63. The first kappa shape index (κ1) is 17.0. The highest BCUT2D eigenvalue weighted by Gasteiger charge is 2.35. The Morgan fingerprint density at radius 3 is 2.62 bits per heavy atom. The lowest BCUT2D eigenvalue weighted by Crippen LogP contribution is -2.39. The Bertz CT molecular complexity index is 782. The molecule has 7 nitrogen and oxygen atoms in total. The van der Waals surface area contributed by atoms with Gasteiger partial charge in [0.2, 0.25) is 5.91 Å². The fraction of sp³-hybridized carbons (Fsp3) is 0.526. The van der Waals surface area contributed by atoms with Gasteiger partial charge in [-0.15, -0.1) is 0 Å². The van der Waals surface area contributed by atoms with Gasteiger partial charge in [-0.05, 0) is 56.2 Å². The van der Waals surface area contributed by atoms with Crippen LogP contribution in [0, 0.1) is 12.8 Å². The van der Waals surface area contributed by atoms with Gasteiger partial charge < -0.3 is 15.4 Å². The van der Waals surface area contributed by atoms with E-state index in [0.29, 0.717) is 5.92 Å². The number of carbonyl (C=O) groups is 1. The van der Waals surface area contributed by atoms with E-state index in [0.717, 1.165) is 56.0 Å². The minimum atomic E-state index is -0.395. The number of hydrogen-bond acceptors (Lipinski definition) is 5. The minimum Gasteiger partial charge on any atom is -0.367 e. The Balaban J connectivity index is 1.39. The first-order chi connectivity index (χ1) is 12.6. The molecular weight excluding hydrogens is 330 g/mol. The lowest BCUT2D eigenvalue weighted by molar-refractivity contribution is -0.130. The zero-order chi connectivity index (χ0) is 18.1. The molecule has 4 rings (SSSR count). The molecule has 2 saturated heterocycles. The summed E-state index contributed by atoms with van der Waals surface area (Å²) in [7, 11) is 0. The topological polar surface area (TPSA) is 86.3 Å². The number of pyridine rings is 1. The van der Waals surface area contributed by atoms with Crippen LogP contribution in [0.5, 0.6) is 0 Å². The number of rotatable bonds is 4. The van der Waals surface area contributed by atoms with Crippen LogP contribution in [-0.2, 0) is 9.53 Å². The van der Waals surface area contributed by atoms with Gasteiger partial charge in [-0.2, -0.15) is 5.10 Å². The molecule has 0 spiro atoms. The standard InChI is InChI=1S/C19H25N5O2/c1-13-11-21-24(12-13)18-4-2-3-17(22-18)23-9-7-14(8-10-23)15-5-6-16(26-15)19(20)25/h2-4,11-12,14-16H,5-10H2,1H3,(H2,20,25)/t15-,16+/m0/s1. The molecule has 7 heteroatoms. The maximum Gasteiger partial charge on any atom is 0.246 e. The SMILES string of the molecule is Cc1cnn(-c2cccc(N3CCC([C@@H]4CC[C@H](C(N)=O)O4)CC3)n2)c1. The largest absolute Gasteiger partial charge is 0.367 e. The number of ether oxygens (including phenoxy) is 1. The van der Waals surface area contributed by atoms with Gasteiger partial charge in [0.15, 0.2) is 5.82 Å². The van der Waals surface area contributed by atoms with Gasteiger partial charge in [0, 0.05) is 19.3 Å². The second kappa shape index (κ2) is 7.07. The summed E-state index contributed by atoms with van der Waals surface area (Å²) < 4.78 is 7.67. The lowest BCUT2D eigenvalue weighted by atomic mass is 9.90. The van der Waals surface area contributed by atoms with E-state index in [2.05, 4.69) is 16.1 Å². The second-order valence-corrected chi connectivity index (χ2v) is 7.28. The highest BCUT2D eigenvalue weighted by atomic mass is 16.5. The zero-order valence-corrected chi connectivity index (χ0v) is 15.0. The number of amides is 1. The quantitative estimate of drug-likeness (QED) is 0.904. The molecule has 0 bridgehead atoms. The van der Waals surface area contributed by atoms with Crippen molar-refractivity contribution in [2.45, 2.75) is 44.8 Å². The first-order valence-corrected chi connectivity index (χ1v) is 9.28. The van der Waals surface area contributed by atoms with Gasteiger partial charge in [0.05, 0.1) is 12.3 Å². The van der Waals surface area contributed by atoms with E-state index in [1.807, 2.05) is 36.1 Å². The molecule has 2 aromatic heterocycles. The number of nitrogens with zero attached hydrogens (tertiary/aromatic N) is 4. The molecule has 2 atom stereocenters. The van der Waals surface area contributed by atoms with Crippen molar-refractivity contribution >= 4 is 11.7 Å². The molecule has 0 aliphatic carbocycles. The molecule has 26 heavy (non-hydrogen) atoms. The molecule has 0 aromatic carbocycles. The molecule has 2 aliphatic rings. The van der Waals surface area contributed by atoms with E-state index in [-0.39, 0.29) is 12.0 Å². The van der Waals surface area contributed by atoms with Gasteiger partial charge >= 0.3 is 0 Å². The van der Waals surface area contributed by atoms with Gasteiger partial charge in [-0.3, -0.25) is 4.79 Å². The third-order valence-corrected chi connectivity index (χ3v) is 5.43. The van der Waals surface area contributed by atoms with E-state index in [9.17, 15) is 4.79 Å². The number of carbonyl (C=O) groups excluding carboxylic acids is 1. The Labute approximate surface area is 153 Å². The second-order valence-electron chi connectivity index (χ2n) is 7.28. The molecule has 0 saturated carbocycles. The third-order valence-electron chi connectivity index (χ3n) is 5.43. The fourth-order valence-electron chi connectivity index (χ4n) is 3.97. The molecule has 2 aliphatic heterocycles. The van der Waals surface area contributed by atoms with Gasteiger partial charge in [0.1, 0.15) is 11.9 Å². The smallest absolute Gasteiger partial charge is 0.246 e. The Morgan fingerprint density at radius 1 is 1.19 bits per heavy atom. The Hall–Kier alpha value is -2.41. The number of aryl methyl sites for hydroxylation is 1. The van der Waals surface area contributed by atoms with Gasteiger partial charge in [-0.25, -0.2) is 9.67 Å². The molecule has 2 N–H and O–H groups in total. The summed E-state index contributed by atoms with van der Waals surface area (Å²) in [6, 6.07) is 6.05. The average Bonchev–Trinajstić information content (AvgIpc) is 3.31. The maximum absolute atomic E-state index is 11.3. The maximum atomic E-state index is 11.3. The highest BCUT2D eigenvalue weighted by molar-refractivity contribution is 5.79. The minimum absolute atomic E-state index is 0.168. The summed E-state index contributed by atoms with van der Waals surface area (Å²) in [5, 5.41) is 4.34. The van der Waals surface area contributed by atoms with Crippen molar-refractivity contribution in [2.24, 2.45) is 11.7 Å². The summed E-state index contributed by atoms with van der Waals surface area (Å²) in [5.41, 5.74) is 6.48. The molecule has 1 amide bonds. The normalized spacial score (nSPS) is 24.1. The van der Waals surface area contributed by atoms with E-state index in [4.69, 9.17) is 15.5 Å². The molecule has 2 fully saturated rings. The highest BCUT2D eigenvalue weighted by Crippen LogP contribution is 2.32. The molecule has 2 aromatic rings. The van der Waals surface area contributed by atoms with Crippen LogP contribution in [0.4, 0.5) is 5.82 Å². The summed E-state index contributed by atoms with van der Waals surface area (Å²) >= 11 is 0. The van der Waals surface area contributed by atoms with Crippen molar-refractivity contribution < 1.29 is 9.53 Å². The van der Waals surface area contributed by atoms with Gasteiger partial charge in [0.25, 0.3) is 0 Å². The summed E-state index contributed by atoms with van der Waals surface area (Å²) in [6.45, 7) is 3.91. The van der Waals surface area contributed by atoms with Crippen LogP contribution in [0.15, 0.2) is 30.6 Å². The monoisotopic (exact) mass is 355 g/mol.